The van der Waals surface area contributed by atoms with Gasteiger partial charge in [-0.3, -0.25) is 19.1 Å². The van der Waals surface area contributed by atoms with E-state index in [9.17, 15) is 9.59 Å². The first kappa shape index (κ1) is 24.1. The van der Waals surface area contributed by atoms with Crippen LogP contribution in [-0.4, -0.2) is 39.9 Å². The van der Waals surface area contributed by atoms with Gasteiger partial charge in [-0.25, -0.2) is 0 Å². The molecule has 1 saturated heterocycles. The van der Waals surface area contributed by atoms with Crippen molar-refractivity contribution in [2.24, 2.45) is 0 Å². The van der Waals surface area contributed by atoms with Gasteiger partial charge < -0.3 is 9.64 Å². The topological polar surface area (TPSA) is 54.8 Å². The van der Waals surface area contributed by atoms with E-state index in [2.05, 4.69) is 25.3 Å². The number of rotatable bonds is 7. The third kappa shape index (κ3) is 4.29. The number of hydrogen-bond donors (Lipinski definition) is 0. The Morgan fingerprint density at radius 2 is 1.97 bits per heavy atom. The number of fused-ring (bicyclic) bond motifs is 1. The largest absolute Gasteiger partial charge is 0.497 e. The molecule has 0 bridgehead atoms. The quantitative estimate of drug-likeness (QED) is 0.410. The molecular formula is C23H25N3O3S4. The summed E-state index contributed by atoms with van der Waals surface area (Å²) in [4.78, 5) is 32.1. The number of thiazole rings is 1. The Balaban J connectivity index is 1.92. The van der Waals surface area contributed by atoms with Crippen LogP contribution >= 0.6 is 47.1 Å². The Labute approximate surface area is 210 Å². The highest BCUT2D eigenvalue weighted by atomic mass is 32.2. The van der Waals surface area contributed by atoms with Gasteiger partial charge >= 0.3 is 0 Å². The molecular weight excluding hydrogens is 495 g/mol. The third-order valence-electron chi connectivity index (χ3n) is 5.39. The molecule has 1 aromatic heterocycles. The van der Waals surface area contributed by atoms with E-state index in [0.29, 0.717) is 38.1 Å². The molecule has 0 aliphatic carbocycles. The molecule has 33 heavy (non-hydrogen) atoms. The fourth-order valence-corrected chi connectivity index (χ4v) is 7.67. The summed E-state index contributed by atoms with van der Waals surface area (Å²) in [6, 6.07) is 5.93. The summed E-state index contributed by atoms with van der Waals surface area (Å²) in [7, 11) is 1.64. The molecule has 2 aromatic rings. The minimum absolute atomic E-state index is 0.116. The minimum atomic E-state index is -0.117. The average molecular weight is 520 g/mol. The highest BCUT2D eigenvalue weighted by Crippen LogP contribution is 2.47. The molecule has 2 aliphatic rings. The normalized spacial score (nSPS) is 18.9. The molecule has 0 N–H and O–H groups in total. The smallest absolute Gasteiger partial charge is 0.272 e. The number of ether oxygens (including phenoxy) is 1. The highest BCUT2D eigenvalue weighted by molar-refractivity contribution is 8.30. The van der Waals surface area contributed by atoms with Crippen molar-refractivity contribution >= 4 is 72.9 Å². The van der Waals surface area contributed by atoms with Gasteiger partial charge in [-0.15, -0.1) is 17.9 Å². The summed E-state index contributed by atoms with van der Waals surface area (Å²) in [6.07, 6.45) is 3.55. The van der Waals surface area contributed by atoms with Crippen LogP contribution in [0.25, 0.3) is 9.93 Å². The fourth-order valence-electron chi connectivity index (χ4n) is 3.72. The molecule has 174 valence electrons. The molecule has 1 amide bonds. The zero-order valence-corrected chi connectivity index (χ0v) is 22.0. The summed E-state index contributed by atoms with van der Waals surface area (Å²) in [5.41, 5.74) is 0.904. The molecule has 0 unspecified atom stereocenters. The predicted molar refractivity (Wildman–Crippen MR) is 144 cm³/mol. The first-order chi connectivity index (χ1) is 15.9. The van der Waals surface area contributed by atoms with E-state index in [0.717, 1.165) is 34.2 Å². The Morgan fingerprint density at radius 3 is 2.64 bits per heavy atom. The first-order valence-electron chi connectivity index (χ1n) is 10.7. The SMILES string of the molecule is C=CCn1c(=C2SC(=S)N(CCCC)C2=O)sc(=C2Sc3ccc(OC)cc3N2CC)c1=O. The van der Waals surface area contributed by atoms with Crippen molar-refractivity contribution in [3.63, 3.8) is 0 Å². The monoisotopic (exact) mass is 519 g/mol. The van der Waals surface area contributed by atoms with E-state index >= 15 is 0 Å². The molecule has 1 fully saturated rings. The van der Waals surface area contributed by atoms with E-state index in [1.54, 1.807) is 34.4 Å². The van der Waals surface area contributed by atoms with E-state index in [4.69, 9.17) is 17.0 Å². The van der Waals surface area contributed by atoms with Crippen LogP contribution in [0.1, 0.15) is 26.7 Å². The van der Waals surface area contributed by atoms with Crippen molar-refractivity contribution in [3.05, 3.63) is 50.4 Å². The molecule has 0 saturated carbocycles. The summed E-state index contributed by atoms with van der Waals surface area (Å²) < 4.78 is 8.85. The minimum Gasteiger partial charge on any atom is -0.497 e. The maximum atomic E-state index is 13.6. The van der Waals surface area contributed by atoms with Gasteiger partial charge in [-0.1, -0.05) is 55.2 Å². The lowest BCUT2D eigenvalue weighted by Crippen LogP contribution is -2.35. The van der Waals surface area contributed by atoms with E-state index in [1.165, 1.54) is 23.1 Å². The van der Waals surface area contributed by atoms with E-state index in [1.807, 2.05) is 18.2 Å². The number of amides is 1. The van der Waals surface area contributed by atoms with Gasteiger partial charge in [0.15, 0.2) is 0 Å². The van der Waals surface area contributed by atoms with Crippen LogP contribution in [0.15, 0.2) is 40.5 Å². The number of thiocarbonyl (C=S) groups is 1. The molecule has 1 aromatic carbocycles. The number of carbonyl (C=O) groups excluding carboxylic acids is 1. The number of allylic oxidation sites excluding steroid dienone is 1. The fraction of sp³-hybridized carbons (Fsp3) is 0.348. The Morgan fingerprint density at radius 1 is 1.18 bits per heavy atom. The number of aromatic nitrogens is 1. The summed E-state index contributed by atoms with van der Waals surface area (Å²) in [5.74, 6) is 0.655. The van der Waals surface area contributed by atoms with Crippen LogP contribution in [0.3, 0.4) is 0 Å². The lowest BCUT2D eigenvalue weighted by atomic mass is 10.2. The van der Waals surface area contributed by atoms with Gasteiger partial charge in [0.2, 0.25) is 0 Å². The van der Waals surface area contributed by atoms with Crippen molar-refractivity contribution in [2.75, 3.05) is 25.1 Å². The van der Waals surface area contributed by atoms with Crippen LogP contribution in [0.2, 0.25) is 0 Å². The summed E-state index contributed by atoms with van der Waals surface area (Å²) in [5, 5.41) is 0.876. The number of unbranched alkanes of at least 4 members (excludes halogenated alkanes) is 1. The van der Waals surface area contributed by atoms with Gasteiger partial charge in [0, 0.05) is 30.6 Å². The van der Waals surface area contributed by atoms with Crippen molar-refractivity contribution in [2.45, 2.75) is 38.1 Å². The number of nitrogens with zero attached hydrogens (tertiary/aromatic N) is 3. The molecule has 0 atom stereocenters. The lowest BCUT2D eigenvalue weighted by Gasteiger charge is -2.17. The average Bonchev–Trinajstić information content (AvgIpc) is 3.43. The second-order valence-corrected chi connectivity index (χ2v) is 11.1. The second-order valence-electron chi connectivity index (χ2n) is 7.43. The Hall–Kier alpha value is -2.01. The lowest BCUT2D eigenvalue weighted by molar-refractivity contribution is -0.120. The van der Waals surface area contributed by atoms with Crippen LogP contribution in [0.5, 0.6) is 5.75 Å². The van der Waals surface area contributed by atoms with Crippen molar-refractivity contribution in [3.8, 4) is 5.75 Å². The molecule has 2 aliphatic heterocycles. The van der Waals surface area contributed by atoms with Crippen molar-refractivity contribution < 1.29 is 9.53 Å². The number of thioether (sulfide) groups is 2. The second kappa shape index (κ2) is 10.1. The Kier molecular flexibility index (Phi) is 7.37. The molecule has 10 heteroatoms. The third-order valence-corrected chi connectivity index (χ3v) is 9.46. The van der Waals surface area contributed by atoms with E-state index < -0.39 is 0 Å². The standard InChI is InChI=1S/C23H25N3O3S4/c1-5-8-12-26-20(28)18(33-23(26)30)22-25(11-6-2)19(27)17(32-22)21-24(7-3)15-13-14(29-4)9-10-16(15)31-21/h6,9-10,13H,2,5,7-8,11-12H2,1,3-4H3. The van der Waals surface area contributed by atoms with Crippen LogP contribution in [0.4, 0.5) is 5.69 Å². The maximum Gasteiger partial charge on any atom is 0.272 e. The number of benzene rings is 1. The zero-order valence-electron chi connectivity index (χ0n) is 18.8. The predicted octanol–water partition coefficient (Wildman–Crippen LogP) is 3.57. The summed E-state index contributed by atoms with van der Waals surface area (Å²) >= 11 is 9.70. The van der Waals surface area contributed by atoms with Gasteiger partial charge in [-0.2, -0.15) is 0 Å². The van der Waals surface area contributed by atoms with Gasteiger partial charge in [-0.05, 0) is 25.5 Å². The van der Waals surface area contributed by atoms with Crippen LogP contribution < -0.4 is 24.4 Å². The number of anilines is 1. The maximum absolute atomic E-state index is 13.6. The highest BCUT2D eigenvalue weighted by Gasteiger charge is 2.34. The number of carbonyl (C=O) groups is 1. The van der Waals surface area contributed by atoms with Crippen molar-refractivity contribution in [1.82, 2.24) is 9.47 Å². The summed E-state index contributed by atoms with van der Waals surface area (Å²) in [6.45, 7) is 9.59. The van der Waals surface area contributed by atoms with Crippen molar-refractivity contribution in [1.29, 1.82) is 0 Å². The zero-order chi connectivity index (χ0) is 23.7. The van der Waals surface area contributed by atoms with Gasteiger partial charge in [0.25, 0.3) is 11.5 Å². The molecule has 0 spiro atoms. The number of methoxy groups -OCH3 is 1. The van der Waals surface area contributed by atoms with E-state index in [-0.39, 0.29) is 11.5 Å². The molecule has 3 heterocycles. The van der Waals surface area contributed by atoms with Gasteiger partial charge in [0.1, 0.15) is 29.2 Å². The van der Waals surface area contributed by atoms with Crippen LogP contribution in [0, 0.1) is 0 Å². The molecule has 4 rings (SSSR count). The Bertz CT molecular complexity index is 1310. The number of hydrogen-bond acceptors (Lipinski definition) is 8. The molecule has 0 radical (unpaired) electrons. The first-order valence-corrected chi connectivity index (χ1v) is 13.6. The van der Waals surface area contributed by atoms with Gasteiger partial charge in [0.05, 0.1) is 12.8 Å². The van der Waals surface area contributed by atoms with Crippen LogP contribution in [-0.2, 0) is 11.3 Å². The molecule has 6 nitrogen and oxygen atoms in total.